The number of fused-ring (bicyclic) bond motifs is 14. The van der Waals surface area contributed by atoms with Crippen LogP contribution in [0.15, 0.2) is 417 Å². The highest BCUT2D eigenvalue weighted by atomic mass is 32.1. The Balaban J connectivity index is 0.574. The first-order valence-electron chi connectivity index (χ1n) is 39.5. The molecule has 6 heteroatoms. The summed E-state index contributed by atoms with van der Waals surface area (Å²) < 4.78 is 14.9. The van der Waals surface area contributed by atoms with Crippen LogP contribution in [-0.2, 0) is 0 Å². The fourth-order valence-corrected chi connectivity index (χ4v) is 21.4. The van der Waals surface area contributed by atoms with Gasteiger partial charge in [0.05, 0.1) is 0 Å². The maximum atomic E-state index is 7.12. The van der Waals surface area contributed by atoms with E-state index in [1.54, 1.807) is 0 Å². The van der Waals surface area contributed by atoms with Gasteiger partial charge in [0, 0.05) is 111 Å². The van der Waals surface area contributed by atoms with Crippen LogP contribution >= 0.6 is 34.0 Å². The van der Waals surface area contributed by atoms with E-state index in [9.17, 15) is 0 Å². The van der Waals surface area contributed by atoms with E-state index in [0.717, 1.165) is 101 Å². The third kappa shape index (κ3) is 11.7. The standard InChI is InChI=1S/C110H68N2OS3/c1-2-34-89-69(20-1)21-15-38-90(89)70-54-57-83(58-55-70)111(84-29-10-23-72(63-84)71-22-9-25-79(62-71)94-42-17-44-98-96-35-3-6-45-102(96)116-110(94)98)86-31-14-28-82(67-86)93-41-16-43-97-95-59-56-78(68-101(95)113-109(93)97)77-53-52-75-60-74(50-51-76(75)61-77)73-24-11-30-85(64-73)112(87-32-12-26-80(65-87)91-39-18-48-105-107(91)99-36-4-7-46-103(99)114-105)88-33-13-27-81(66-88)92-40-19-49-106-108(92)100-37-5-8-47-104(100)115-106/h1-68H. The largest absolute Gasteiger partial charge is 0.455 e. The Hall–Kier alpha value is -14.2. The van der Waals surface area contributed by atoms with E-state index in [-0.39, 0.29) is 0 Å². The zero-order chi connectivity index (χ0) is 76.3. The minimum atomic E-state index is 0.847. The average Bonchev–Trinajstić information content (AvgIpc) is 1.51. The molecule has 4 aromatic heterocycles. The van der Waals surface area contributed by atoms with Gasteiger partial charge < -0.3 is 14.2 Å². The molecule has 116 heavy (non-hydrogen) atoms. The van der Waals surface area contributed by atoms with Crippen molar-refractivity contribution in [3.05, 3.63) is 413 Å². The molecule has 0 aliphatic carbocycles. The van der Waals surface area contributed by atoms with Gasteiger partial charge in [-0.2, -0.15) is 0 Å². The Morgan fingerprint density at radius 1 is 0.181 bits per heavy atom. The third-order valence-corrected chi connectivity index (χ3v) is 26.9. The van der Waals surface area contributed by atoms with Crippen molar-refractivity contribution < 1.29 is 4.42 Å². The summed E-state index contributed by atoms with van der Waals surface area (Å²) in [7, 11) is 0. The molecule has 0 bridgehead atoms. The fraction of sp³-hybridized carbons (Fsp3) is 0. The number of hydrogen-bond acceptors (Lipinski definition) is 6. The molecule has 542 valence electrons. The zero-order valence-electron chi connectivity index (χ0n) is 62.8. The molecule has 23 aromatic rings. The van der Waals surface area contributed by atoms with Crippen LogP contribution in [-0.4, -0.2) is 0 Å². The summed E-state index contributed by atoms with van der Waals surface area (Å²) >= 11 is 5.60. The predicted molar refractivity (Wildman–Crippen MR) is 500 cm³/mol. The van der Waals surface area contributed by atoms with Crippen molar-refractivity contribution in [2.45, 2.75) is 0 Å². The molecule has 3 nitrogen and oxygen atoms in total. The normalized spacial score (nSPS) is 11.8. The number of thiophene rings is 3. The fourth-order valence-electron chi connectivity index (χ4n) is 17.9. The second kappa shape index (κ2) is 27.8. The van der Waals surface area contributed by atoms with Crippen LogP contribution in [0, 0.1) is 0 Å². The summed E-state index contributed by atoms with van der Waals surface area (Å²) in [5.74, 6) is 0. The molecule has 4 heterocycles. The van der Waals surface area contributed by atoms with E-state index in [0.29, 0.717) is 0 Å². The minimum absolute atomic E-state index is 0.847. The summed E-state index contributed by atoms with van der Waals surface area (Å²) in [5, 5.41) is 14.7. The molecule has 0 N–H and O–H groups in total. The van der Waals surface area contributed by atoms with Crippen LogP contribution < -0.4 is 9.80 Å². The molecule has 0 aliphatic heterocycles. The van der Waals surface area contributed by atoms with E-state index in [4.69, 9.17) is 4.42 Å². The number of nitrogens with zero attached hydrogens (tertiary/aromatic N) is 2. The van der Waals surface area contributed by atoms with Gasteiger partial charge >= 0.3 is 0 Å². The molecule has 0 amide bonds. The second-order valence-electron chi connectivity index (χ2n) is 30.2. The van der Waals surface area contributed by atoms with Crippen LogP contribution in [0.3, 0.4) is 0 Å². The predicted octanol–water partition coefficient (Wildman–Crippen LogP) is 33.3. The van der Waals surface area contributed by atoms with Gasteiger partial charge in [-0.25, -0.2) is 0 Å². The highest BCUT2D eigenvalue weighted by Gasteiger charge is 2.23. The van der Waals surface area contributed by atoms with Crippen LogP contribution in [0.1, 0.15) is 0 Å². The average molecular weight is 1530 g/mol. The molecule has 0 atom stereocenters. The van der Waals surface area contributed by atoms with Crippen LogP contribution in [0.4, 0.5) is 34.1 Å². The van der Waals surface area contributed by atoms with Gasteiger partial charge in [-0.1, -0.05) is 279 Å². The number of rotatable bonds is 14. The summed E-state index contributed by atoms with van der Waals surface area (Å²) in [6, 6.07) is 152. The van der Waals surface area contributed by atoms with Crippen molar-refractivity contribution in [2.24, 2.45) is 0 Å². The van der Waals surface area contributed by atoms with Gasteiger partial charge in [-0.3, -0.25) is 0 Å². The number of hydrogen-bond donors (Lipinski definition) is 0. The number of furan rings is 1. The van der Waals surface area contributed by atoms with Crippen LogP contribution in [0.5, 0.6) is 0 Å². The smallest absolute Gasteiger partial charge is 0.143 e. The second-order valence-corrected chi connectivity index (χ2v) is 33.4. The number of anilines is 6. The molecular formula is C110H68N2OS3. The summed E-state index contributed by atoms with van der Waals surface area (Å²) in [6.07, 6.45) is 0. The lowest BCUT2D eigenvalue weighted by Crippen LogP contribution is -2.10. The van der Waals surface area contributed by atoms with E-state index in [1.165, 1.54) is 127 Å². The number of benzene rings is 19. The molecule has 0 radical (unpaired) electrons. The van der Waals surface area contributed by atoms with Gasteiger partial charge in [0.25, 0.3) is 0 Å². The van der Waals surface area contributed by atoms with Gasteiger partial charge in [-0.15, -0.1) is 34.0 Å². The maximum Gasteiger partial charge on any atom is 0.143 e. The molecule has 0 saturated carbocycles. The van der Waals surface area contributed by atoms with Crippen molar-refractivity contribution in [3.8, 4) is 89.0 Å². The Morgan fingerprint density at radius 2 is 0.552 bits per heavy atom. The van der Waals surface area contributed by atoms with Crippen molar-refractivity contribution in [1.29, 1.82) is 0 Å². The molecule has 0 saturated heterocycles. The van der Waals surface area contributed by atoms with Crippen LogP contribution in [0.25, 0.3) is 193 Å². The maximum absolute atomic E-state index is 7.12. The first-order chi connectivity index (χ1) is 57.4. The van der Waals surface area contributed by atoms with Gasteiger partial charge in [-0.05, 0) is 238 Å². The highest BCUT2D eigenvalue weighted by molar-refractivity contribution is 7.27. The lowest BCUT2D eigenvalue weighted by atomic mass is 9.96. The Labute approximate surface area is 682 Å². The van der Waals surface area contributed by atoms with E-state index >= 15 is 0 Å². The van der Waals surface area contributed by atoms with Crippen molar-refractivity contribution in [1.82, 2.24) is 0 Å². The first kappa shape index (κ1) is 67.5. The molecule has 0 aliphatic rings. The zero-order valence-corrected chi connectivity index (χ0v) is 65.2. The molecule has 0 spiro atoms. The van der Waals surface area contributed by atoms with Crippen LogP contribution in [0.2, 0.25) is 0 Å². The lowest BCUT2D eigenvalue weighted by Gasteiger charge is -2.27. The first-order valence-corrected chi connectivity index (χ1v) is 41.9. The van der Waals surface area contributed by atoms with Crippen molar-refractivity contribution >= 4 is 172 Å². The molecule has 19 aromatic carbocycles. The van der Waals surface area contributed by atoms with Crippen molar-refractivity contribution in [3.63, 3.8) is 0 Å². The van der Waals surface area contributed by atoms with E-state index in [1.807, 2.05) is 34.0 Å². The van der Waals surface area contributed by atoms with Gasteiger partial charge in [0.15, 0.2) is 0 Å². The Bertz CT molecular complexity index is 7730. The van der Waals surface area contributed by atoms with E-state index in [2.05, 4.69) is 422 Å². The minimum Gasteiger partial charge on any atom is -0.455 e. The summed E-state index contributed by atoms with van der Waals surface area (Å²) in [5.41, 5.74) is 26.6. The Morgan fingerprint density at radius 3 is 1.15 bits per heavy atom. The topological polar surface area (TPSA) is 19.6 Å². The SMILES string of the molecule is c1cc(-c2cccc(N(c3ccc(-c4cccc5ccccc45)cc3)c3cccc(-c4cccc5c4oc4cc(-c6ccc7cc(-c8cccc(N(c9cccc(-c%10cccc%11sc%12ccccc%12c%10%11)c9)c9cccc(-c%10cccc%11sc%12ccccc%12c%10%11)c9)c8)ccc7c6)ccc45)c3)c2)cc(-c2cccc3c2sc2ccccc23)c1. The summed E-state index contributed by atoms with van der Waals surface area (Å²) in [6.45, 7) is 0. The molecular weight excluding hydrogens is 1460 g/mol. The Kier molecular flexibility index (Phi) is 16.2. The van der Waals surface area contributed by atoms with Crippen molar-refractivity contribution in [2.75, 3.05) is 9.80 Å². The molecule has 0 unspecified atom stereocenters. The summed E-state index contributed by atoms with van der Waals surface area (Å²) in [4.78, 5) is 4.84. The highest BCUT2D eigenvalue weighted by Crippen LogP contribution is 2.49. The lowest BCUT2D eigenvalue weighted by molar-refractivity contribution is 0.670. The van der Waals surface area contributed by atoms with E-state index < -0.39 is 0 Å². The monoisotopic (exact) mass is 1530 g/mol. The quantitative estimate of drug-likeness (QED) is 0.108. The van der Waals surface area contributed by atoms with Gasteiger partial charge in [0.1, 0.15) is 11.2 Å². The molecule has 0 fully saturated rings. The number of para-hydroxylation sites is 1. The third-order valence-electron chi connectivity index (χ3n) is 23.4. The molecule has 23 rings (SSSR count). The van der Waals surface area contributed by atoms with Gasteiger partial charge in [0.2, 0.25) is 0 Å².